The monoisotopic (exact) mass is 887 g/mol. The second-order valence-corrected chi connectivity index (χ2v) is 19.6. The van der Waals surface area contributed by atoms with E-state index in [4.69, 9.17) is 47.4 Å². The molecule has 14 nitrogen and oxygen atoms in total. The number of hydrogen-bond donors (Lipinski definition) is 3. The first kappa shape index (κ1) is 48.6. The van der Waals surface area contributed by atoms with Crippen molar-refractivity contribution in [3.05, 3.63) is 59.3 Å². The average molecular weight is 887 g/mol. The summed E-state index contributed by atoms with van der Waals surface area (Å²) in [7, 11) is 3.30. The van der Waals surface area contributed by atoms with Gasteiger partial charge in [0.05, 0.1) is 55.9 Å². The Bertz CT molecular complexity index is 1740. The minimum absolute atomic E-state index is 0.0333. The smallest absolute Gasteiger partial charge is 0.316 e. The summed E-state index contributed by atoms with van der Waals surface area (Å²) >= 11 is 0. The maximum atomic E-state index is 14.4. The third-order valence-electron chi connectivity index (χ3n) is 14.5. The molecule has 1 spiro atoms. The van der Waals surface area contributed by atoms with E-state index in [1.165, 1.54) is 0 Å². The molecule has 0 unspecified atom stereocenters. The van der Waals surface area contributed by atoms with Crippen LogP contribution in [0, 0.1) is 29.6 Å². The quantitative estimate of drug-likeness (QED) is 0.193. The molecule has 7 aliphatic rings. The molecule has 14 heteroatoms. The number of esters is 1. The van der Waals surface area contributed by atoms with E-state index in [-0.39, 0.29) is 61.5 Å². The van der Waals surface area contributed by atoms with Crippen molar-refractivity contribution in [3.63, 3.8) is 0 Å². The Balaban J connectivity index is 1.17. The molecule has 0 radical (unpaired) electrons. The van der Waals surface area contributed by atoms with Gasteiger partial charge in [-0.15, -0.1) is 0 Å². The van der Waals surface area contributed by atoms with Crippen molar-refractivity contribution in [2.24, 2.45) is 29.6 Å². The fourth-order valence-corrected chi connectivity index (χ4v) is 10.8. The first-order chi connectivity index (χ1) is 30.0. The van der Waals surface area contributed by atoms with E-state index >= 15 is 0 Å². The molecule has 1 aliphatic carbocycles. The first-order valence-electron chi connectivity index (χ1n) is 23.3. The second kappa shape index (κ2) is 20.3. The first-order valence-corrected chi connectivity index (χ1v) is 23.3. The zero-order chi connectivity index (χ0) is 45.4. The fraction of sp³-hybridized carbons (Fsp3) is 0.776. The topological polar surface area (TPSA) is 170 Å². The molecule has 0 saturated carbocycles. The minimum atomic E-state index is -1.83. The van der Waals surface area contributed by atoms with Gasteiger partial charge in [-0.05, 0) is 69.2 Å². The summed E-state index contributed by atoms with van der Waals surface area (Å²) < 4.78 is 64.1. The Morgan fingerprint density at radius 3 is 2.32 bits per heavy atom. The number of carbonyl (C=O) groups excluding carboxylic acids is 1. The molecule has 19 atom stereocenters. The number of methoxy groups -OCH3 is 2. The summed E-state index contributed by atoms with van der Waals surface area (Å²) in [6, 6.07) is 0. The third-order valence-corrected chi connectivity index (χ3v) is 14.5. The van der Waals surface area contributed by atoms with Gasteiger partial charge in [-0.25, -0.2) is 0 Å². The summed E-state index contributed by atoms with van der Waals surface area (Å²) in [6.07, 6.45) is 9.90. The molecular formula is C49H74O14. The van der Waals surface area contributed by atoms with Crippen molar-refractivity contribution in [3.8, 4) is 0 Å². The Kier molecular flexibility index (Phi) is 15.7. The van der Waals surface area contributed by atoms with Crippen LogP contribution >= 0.6 is 0 Å². The Hall–Kier alpha value is -2.31. The molecule has 6 heterocycles. The van der Waals surface area contributed by atoms with Gasteiger partial charge in [0.25, 0.3) is 0 Å². The molecule has 63 heavy (non-hydrogen) atoms. The summed E-state index contributed by atoms with van der Waals surface area (Å²) in [5, 5.41) is 33.7. The van der Waals surface area contributed by atoms with Crippen LogP contribution in [0.3, 0.4) is 0 Å². The van der Waals surface area contributed by atoms with Crippen LogP contribution < -0.4 is 0 Å². The Morgan fingerprint density at radius 1 is 0.889 bits per heavy atom. The van der Waals surface area contributed by atoms with E-state index in [2.05, 4.69) is 39.8 Å². The molecule has 4 fully saturated rings. The van der Waals surface area contributed by atoms with Crippen LogP contribution in [0.1, 0.15) is 93.9 Å². The maximum absolute atomic E-state index is 14.4. The van der Waals surface area contributed by atoms with Gasteiger partial charge >= 0.3 is 5.97 Å². The van der Waals surface area contributed by atoms with Crippen LogP contribution in [0.2, 0.25) is 0 Å². The van der Waals surface area contributed by atoms with Gasteiger partial charge in [0.2, 0.25) is 0 Å². The molecule has 3 N–H and O–H groups in total. The highest BCUT2D eigenvalue weighted by molar-refractivity contribution is 5.78. The van der Waals surface area contributed by atoms with Gasteiger partial charge in [0, 0.05) is 57.7 Å². The van der Waals surface area contributed by atoms with E-state index in [1.807, 2.05) is 39.0 Å². The van der Waals surface area contributed by atoms with Crippen LogP contribution in [-0.4, -0.2) is 140 Å². The lowest BCUT2D eigenvalue weighted by Gasteiger charge is -2.47. The minimum Gasteiger partial charge on any atom is -0.462 e. The lowest BCUT2D eigenvalue weighted by molar-refractivity contribution is -0.316. The number of fused-ring (bicyclic) bond motifs is 2. The van der Waals surface area contributed by atoms with E-state index in [1.54, 1.807) is 33.3 Å². The second-order valence-electron chi connectivity index (χ2n) is 19.6. The highest BCUT2D eigenvalue weighted by atomic mass is 16.7. The molecular weight excluding hydrogens is 813 g/mol. The van der Waals surface area contributed by atoms with Crippen molar-refractivity contribution >= 4 is 5.97 Å². The van der Waals surface area contributed by atoms with Gasteiger partial charge in [-0.1, -0.05) is 64.2 Å². The summed E-state index contributed by atoms with van der Waals surface area (Å²) in [6.45, 7) is 16.2. The molecule has 4 saturated heterocycles. The van der Waals surface area contributed by atoms with Crippen LogP contribution in [0.15, 0.2) is 59.3 Å². The third kappa shape index (κ3) is 10.3. The molecule has 0 amide bonds. The number of allylic oxidation sites excluding steroid dienone is 2. The van der Waals surface area contributed by atoms with E-state index in [9.17, 15) is 20.1 Å². The van der Waals surface area contributed by atoms with E-state index in [0.29, 0.717) is 49.2 Å². The Morgan fingerprint density at radius 2 is 1.60 bits per heavy atom. The average Bonchev–Trinajstić information content (AvgIpc) is 3.58. The summed E-state index contributed by atoms with van der Waals surface area (Å²) in [5.74, 6) is -2.56. The summed E-state index contributed by atoms with van der Waals surface area (Å²) in [4.78, 5) is 14.4. The van der Waals surface area contributed by atoms with Gasteiger partial charge < -0.3 is 62.7 Å². The number of hydrogen-bond acceptors (Lipinski definition) is 14. The number of aliphatic hydroxyl groups excluding tert-OH is 2. The number of rotatable bonds is 9. The number of carbonyl (C=O) groups is 1. The van der Waals surface area contributed by atoms with Crippen molar-refractivity contribution in [2.75, 3.05) is 27.4 Å². The zero-order valence-corrected chi connectivity index (χ0v) is 38.9. The predicted molar refractivity (Wildman–Crippen MR) is 232 cm³/mol. The maximum Gasteiger partial charge on any atom is 0.316 e. The fourth-order valence-electron chi connectivity index (χ4n) is 10.8. The van der Waals surface area contributed by atoms with E-state index < -0.39 is 72.5 Å². The molecule has 0 aromatic heterocycles. The SMILES string of the molecule is CO[C@H]1C[C@H](O[C@H]2[C@H](C)O[C@@H](O[C@@H]3/C(C)=C/C[C@@H]4C[C@@H](C[C@]5(C=C[C@H](C)[C@@H](CC(C)C)O5)O4)OC(=O)[C@@H]4C=C(C)[C@@H](O)[C@H]5OC/C(=C\C=C\[C@@H]3C)[C@]54O)C[C@@H]2OC)O[C@@H](C)[C@@H]1CO. The predicted octanol–water partition coefficient (Wildman–Crippen LogP) is 5.63. The molecule has 0 aromatic rings. The van der Waals surface area contributed by atoms with Crippen molar-refractivity contribution in [2.45, 2.75) is 185 Å². The van der Waals surface area contributed by atoms with Gasteiger partial charge in [0.1, 0.15) is 35.9 Å². The molecule has 2 bridgehead atoms. The molecule has 7 rings (SSSR count). The van der Waals surface area contributed by atoms with Gasteiger partial charge in [0.15, 0.2) is 18.4 Å². The highest BCUT2D eigenvalue weighted by Crippen LogP contribution is 2.47. The zero-order valence-electron chi connectivity index (χ0n) is 38.9. The number of ether oxygens (including phenoxy) is 10. The standard InChI is InChI=1S/C49H74O14/c1-26(2)18-38-27(3)16-17-48(63-38)23-35-20-34(62-48)15-14-29(5)44(28(4)12-11-13-33-25-56-46-43(51)30(6)19-37(47(52)59-35)49(33,46)53)60-42-22-40(55-10)45(32(8)58-42)61-41-21-39(54-9)36(24-50)31(7)57-41/h11-14,16-17,19,26-28,31-32,34-46,50-51,53H,15,18,20-25H2,1-10H3/b12-11+,29-14+,33-13+/t27-,28-,31-,32-,34+,35-,36-,37-,38+,39-,40-,41-,42-,43+,44-,45-,46+,48+,49+/m0/s1. The van der Waals surface area contributed by atoms with Crippen LogP contribution in [0.5, 0.6) is 0 Å². The van der Waals surface area contributed by atoms with Crippen LogP contribution in [0.25, 0.3) is 0 Å². The molecule has 0 aromatic carbocycles. The van der Waals surface area contributed by atoms with E-state index in [0.717, 1.165) is 12.0 Å². The van der Waals surface area contributed by atoms with Crippen molar-refractivity contribution in [1.82, 2.24) is 0 Å². The van der Waals surface area contributed by atoms with Crippen LogP contribution in [-0.2, 0) is 52.2 Å². The molecule has 6 aliphatic heterocycles. The number of aliphatic hydroxyl groups is 3. The molecule has 354 valence electrons. The van der Waals surface area contributed by atoms with Gasteiger partial charge in [-0.2, -0.15) is 0 Å². The Labute approximate surface area is 373 Å². The lowest BCUT2D eigenvalue weighted by atomic mass is 9.71. The summed E-state index contributed by atoms with van der Waals surface area (Å²) in [5.41, 5.74) is 0.143. The largest absolute Gasteiger partial charge is 0.462 e. The highest BCUT2D eigenvalue weighted by Gasteiger charge is 2.60. The van der Waals surface area contributed by atoms with Crippen LogP contribution in [0.4, 0.5) is 0 Å². The van der Waals surface area contributed by atoms with Crippen molar-refractivity contribution < 1.29 is 67.5 Å². The lowest BCUT2D eigenvalue weighted by Crippen LogP contribution is -2.58. The normalized spacial score (nSPS) is 48.1. The van der Waals surface area contributed by atoms with Crippen molar-refractivity contribution in [1.29, 1.82) is 0 Å². The van der Waals surface area contributed by atoms with Gasteiger partial charge in [-0.3, -0.25) is 4.79 Å².